The molecule has 2 aromatic carbocycles. The largest absolute Gasteiger partial charge is 0.497 e. The van der Waals surface area contributed by atoms with Crippen molar-refractivity contribution >= 4 is 28.3 Å². The van der Waals surface area contributed by atoms with Gasteiger partial charge in [-0.25, -0.2) is 9.97 Å². The second-order valence-corrected chi connectivity index (χ2v) is 6.77. The maximum absolute atomic E-state index is 12.5. The third kappa shape index (κ3) is 4.55. The monoisotopic (exact) mass is 398 g/mol. The number of anilines is 2. The molecule has 0 fully saturated rings. The zero-order chi connectivity index (χ0) is 20.8. The summed E-state index contributed by atoms with van der Waals surface area (Å²) in [4.78, 5) is 21.4. The summed E-state index contributed by atoms with van der Waals surface area (Å²) in [6.07, 6.45) is 2.48. The van der Waals surface area contributed by atoms with Crippen molar-refractivity contribution in [2.24, 2.45) is 0 Å². The number of aromatic nitrogens is 2. The van der Waals surface area contributed by atoms with E-state index in [9.17, 15) is 4.79 Å². The average molecular weight is 398 g/mol. The Morgan fingerprint density at radius 1 is 0.967 bits per heavy atom. The van der Waals surface area contributed by atoms with Crippen molar-refractivity contribution < 1.29 is 9.53 Å². The molecule has 0 radical (unpaired) electrons. The molecule has 2 N–H and O–H groups in total. The van der Waals surface area contributed by atoms with Gasteiger partial charge in [-0.15, -0.1) is 0 Å². The van der Waals surface area contributed by atoms with Gasteiger partial charge in [-0.05, 0) is 47.7 Å². The van der Waals surface area contributed by atoms with Gasteiger partial charge in [0.15, 0.2) is 0 Å². The molecule has 0 saturated carbocycles. The molecule has 0 aliphatic heterocycles. The SMILES string of the molecule is COc1ccc(CCNC(=O)c2cccc(Nc3nccc4ccccc34)n2)cc1. The molecule has 2 heterocycles. The van der Waals surface area contributed by atoms with E-state index in [1.165, 1.54) is 0 Å². The van der Waals surface area contributed by atoms with Crippen molar-refractivity contribution in [3.8, 4) is 5.75 Å². The first-order valence-electron chi connectivity index (χ1n) is 9.72. The minimum atomic E-state index is -0.210. The standard InChI is InChI=1S/C24H22N4O2/c1-30-19-11-9-17(10-12-19)13-15-26-24(29)21-7-4-8-22(27-21)28-23-20-6-3-2-5-18(20)14-16-25-23/h2-12,14,16H,13,15H2,1H3,(H,26,29)(H,25,27,28). The van der Waals surface area contributed by atoms with E-state index in [1.807, 2.05) is 60.7 Å². The molecule has 0 spiro atoms. The molecule has 0 unspecified atom stereocenters. The Balaban J connectivity index is 1.40. The Labute approximate surface area is 175 Å². The van der Waals surface area contributed by atoms with Gasteiger partial charge in [0.25, 0.3) is 5.91 Å². The summed E-state index contributed by atoms with van der Waals surface area (Å²) in [6.45, 7) is 0.523. The van der Waals surface area contributed by atoms with Crippen LogP contribution in [0.2, 0.25) is 0 Å². The molecule has 4 rings (SSSR count). The molecule has 6 heteroatoms. The molecule has 6 nitrogen and oxygen atoms in total. The van der Waals surface area contributed by atoms with Gasteiger partial charge in [0, 0.05) is 18.1 Å². The lowest BCUT2D eigenvalue weighted by Crippen LogP contribution is -2.26. The third-order valence-corrected chi connectivity index (χ3v) is 4.76. The van der Waals surface area contributed by atoms with Crippen molar-refractivity contribution in [3.63, 3.8) is 0 Å². The summed E-state index contributed by atoms with van der Waals surface area (Å²) in [6, 6.07) is 23.1. The predicted octanol–water partition coefficient (Wildman–Crippen LogP) is 4.35. The van der Waals surface area contributed by atoms with E-state index in [-0.39, 0.29) is 5.91 Å². The fourth-order valence-electron chi connectivity index (χ4n) is 3.17. The number of rotatable bonds is 7. The number of carbonyl (C=O) groups excluding carboxylic acids is 1. The zero-order valence-corrected chi connectivity index (χ0v) is 16.6. The van der Waals surface area contributed by atoms with Gasteiger partial charge < -0.3 is 15.4 Å². The van der Waals surface area contributed by atoms with Crippen LogP contribution in [0, 0.1) is 0 Å². The summed E-state index contributed by atoms with van der Waals surface area (Å²) >= 11 is 0. The molecule has 0 bridgehead atoms. The lowest BCUT2D eigenvalue weighted by molar-refractivity contribution is 0.0949. The van der Waals surface area contributed by atoms with E-state index in [4.69, 9.17) is 4.74 Å². The number of nitrogens with zero attached hydrogens (tertiary/aromatic N) is 2. The van der Waals surface area contributed by atoms with Gasteiger partial charge in [0.2, 0.25) is 0 Å². The van der Waals surface area contributed by atoms with Gasteiger partial charge in [-0.1, -0.05) is 42.5 Å². The number of carbonyl (C=O) groups is 1. The predicted molar refractivity (Wildman–Crippen MR) is 118 cm³/mol. The highest BCUT2D eigenvalue weighted by Crippen LogP contribution is 2.23. The van der Waals surface area contributed by atoms with Crippen LogP contribution in [-0.2, 0) is 6.42 Å². The van der Waals surface area contributed by atoms with Gasteiger partial charge in [0.05, 0.1) is 7.11 Å². The number of amides is 1. The molecule has 4 aromatic rings. The van der Waals surface area contributed by atoms with Crippen LogP contribution in [-0.4, -0.2) is 29.5 Å². The first-order valence-corrected chi connectivity index (χ1v) is 9.72. The second kappa shape index (κ2) is 9.05. The summed E-state index contributed by atoms with van der Waals surface area (Å²) in [5, 5.41) is 8.22. The minimum absolute atomic E-state index is 0.210. The molecule has 150 valence electrons. The number of hydrogen-bond donors (Lipinski definition) is 2. The number of methoxy groups -OCH3 is 1. The number of hydrogen-bond acceptors (Lipinski definition) is 5. The minimum Gasteiger partial charge on any atom is -0.497 e. The van der Waals surface area contributed by atoms with Crippen molar-refractivity contribution in [2.45, 2.75) is 6.42 Å². The maximum atomic E-state index is 12.5. The van der Waals surface area contributed by atoms with E-state index >= 15 is 0 Å². The van der Waals surface area contributed by atoms with Crippen LogP contribution in [0.25, 0.3) is 10.8 Å². The normalized spacial score (nSPS) is 10.6. The summed E-state index contributed by atoms with van der Waals surface area (Å²) in [5.74, 6) is 1.88. The first kappa shape index (κ1) is 19.4. The topological polar surface area (TPSA) is 76.1 Å². The number of nitrogens with one attached hydrogen (secondary N) is 2. The van der Waals surface area contributed by atoms with E-state index < -0.39 is 0 Å². The number of fused-ring (bicyclic) bond motifs is 1. The summed E-state index contributed by atoms with van der Waals surface area (Å²) < 4.78 is 5.16. The van der Waals surface area contributed by atoms with E-state index in [1.54, 1.807) is 25.4 Å². The third-order valence-electron chi connectivity index (χ3n) is 4.76. The molecule has 1 amide bonds. The Morgan fingerprint density at radius 3 is 2.63 bits per heavy atom. The van der Waals surface area contributed by atoms with Crippen LogP contribution in [0.5, 0.6) is 5.75 Å². The molecule has 2 aromatic heterocycles. The average Bonchev–Trinajstić information content (AvgIpc) is 2.80. The highest BCUT2D eigenvalue weighted by Gasteiger charge is 2.09. The zero-order valence-electron chi connectivity index (χ0n) is 16.6. The van der Waals surface area contributed by atoms with Crippen LogP contribution in [0.1, 0.15) is 16.1 Å². The molecular formula is C24H22N4O2. The van der Waals surface area contributed by atoms with Crippen molar-refractivity contribution in [1.82, 2.24) is 15.3 Å². The second-order valence-electron chi connectivity index (χ2n) is 6.77. The molecule has 30 heavy (non-hydrogen) atoms. The highest BCUT2D eigenvalue weighted by molar-refractivity contribution is 5.94. The van der Waals surface area contributed by atoms with Crippen molar-refractivity contribution in [1.29, 1.82) is 0 Å². The quantitative estimate of drug-likeness (QED) is 0.484. The Bertz CT molecular complexity index is 1150. The van der Waals surface area contributed by atoms with Crippen LogP contribution in [0.15, 0.2) is 79.0 Å². The van der Waals surface area contributed by atoms with Crippen molar-refractivity contribution in [2.75, 3.05) is 19.0 Å². The fourth-order valence-corrected chi connectivity index (χ4v) is 3.17. The molecule has 0 aliphatic rings. The highest BCUT2D eigenvalue weighted by atomic mass is 16.5. The Morgan fingerprint density at radius 2 is 1.80 bits per heavy atom. The molecule has 0 saturated heterocycles. The molecule has 0 aliphatic carbocycles. The van der Waals surface area contributed by atoms with Crippen LogP contribution >= 0.6 is 0 Å². The number of benzene rings is 2. The van der Waals surface area contributed by atoms with E-state index in [0.29, 0.717) is 23.9 Å². The lowest BCUT2D eigenvalue weighted by Gasteiger charge is -2.10. The van der Waals surface area contributed by atoms with Crippen LogP contribution in [0.4, 0.5) is 11.6 Å². The van der Waals surface area contributed by atoms with Gasteiger partial charge in [-0.2, -0.15) is 0 Å². The number of ether oxygens (including phenoxy) is 1. The summed E-state index contributed by atoms with van der Waals surface area (Å²) in [7, 11) is 1.64. The Hall–Kier alpha value is -3.93. The Kier molecular flexibility index (Phi) is 5.85. The van der Waals surface area contributed by atoms with E-state index in [0.717, 1.165) is 28.5 Å². The van der Waals surface area contributed by atoms with Gasteiger partial charge >= 0.3 is 0 Å². The summed E-state index contributed by atoms with van der Waals surface area (Å²) in [5.41, 5.74) is 1.48. The molecular weight excluding hydrogens is 376 g/mol. The first-order chi connectivity index (χ1) is 14.7. The van der Waals surface area contributed by atoms with Gasteiger partial charge in [0.1, 0.15) is 23.1 Å². The number of pyridine rings is 2. The van der Waals surface area contributed by atoms with Crippen molar-refractivity contribution in [3.05, 3.63) is 90.3 Å². The van der Waals surface area contributed by atoms with E-state index in [2.05, 4.69) is 20.6 Å². The fraction of sp³-hybridized carbons (Fsp3) is 0.125. The lowest BCUT2D eigenvalue weighted by atomic mass is 10.1. The maximum Gasteiger partial charge on any atom is 0.269 e. The molecule has 0 atom stereocenters. The van der Waals surface area contributed by atoms with Crippen LogP contribution < -0.4 is 15.4 Å². The van der Waals surface area contributed by atoms with Crippen LogP contribution in [0.3, 0.4) is 0 Å². The smallest absolute Gasteiger partial charge is 0.269 e. The van der Waals surface area contributed by atoms with Gasteiger partial charge in [-0.3, -0.25) is 4.79 Å².